The second-order valence-corrected chi connectivity index (χ2v) is 8.22. The maximum absolute atomic E-state index is 12.7. The van der Waals surface area contributed by atoms with Crippen molar-refractivity contribution in [3.8, 4) is 5.75 Å². The van der Waals surface area contributed by atoms with E-state index in [1.165, 1.54) is 5.56 Å². The van der Waals surface area contributed by atoms with Gasteiger partial charge in [-0.3, -0.25) is 10.1 Å². The number of ether oxygens (including phenoxy) is 1. The zero-order chi connectivity index (χ0) is 20.0. The third-order valence-corrected chi connectivity index (χ3v) is 4.69. The summed E-state index contributed by atoms with van der Waals surface area (Å²) in [7, 11) is 0. The van der Waals surface area contributed by atoms with E-state index >= 15 is 0 Å². The Hall–Kier alpha value is -1.92. The van der Waals surface area contributed by atoms with Crippen LogP contribution in [0, 0.1) is 19.8 Å². The van der Waals surface area contributed by atoms with Crippen molar-refractivity contribution in [1.82, 2.24) is 5.32 Å². The first-order valence-corrected chi connectivity index (χ1v) is 10.1. The highest BCUT2D eigenvalue weighted by Gasteiger charge is 2.15. The van der Waals surface area contributed by atoms with Gasteiger partial charge in [-0.25, -0.2) is 0 Å². The molecule has 0 spiro atoms. The van der Waals surface area contributed by atoms with Crippen molar-refractivity contribution in [2.45, 2.75) is 34.1 Å². The number of rotatable bonds is 6. The smallest absolute Gasteiger partial charge is 0.261 e. The van der Waals surface area contributed by atoms with E-state index < -0.39 is 0 Å². The predicted molar refractivity (Wildman–Crippen MR) is 119 cm³/mol. The zero-order valence-electron chi connectivity index (χ0n) is 16.1. The molecule has 4 nitrogen and oxygen atoms in total. The van der Waals surface area contributed by atoms with Crippen LogP contribution in [-0.4, -0.2) is 17.6 Å². The second-order valence-electron chi connectivity index (χ2n) is 6.90. The number of benzene rings is 2. The monoisotopic (exact) mass is 448 g/mol. The van der Waals surface area contributed by atoms with Crippen LogP contribution in [0.2, 0.25) is 0 Å². The van der Waals surface area contributed by atoms with E-state index in [1.807, 2.05) is 32.0 Å². The minimum atomic E-state index is -0.307. The molecule has 0 atom stereocenters. The van der Waals surface area contributed by atoms with Gasteiger partial charge < -0.3 is 10.1 Å². The summed E-state index contributed by atoms with van der Waals surface area (Å²) in [6.07, 6.45) is 0.920. The summed E-state index contributed by atoms with van der Waals surface area (Å²) in [6, 6.07) is 11.4. The number of anilines is 1. The summed E-state index contributed by atoms with van der Waals surface area (Å²) in [5, 5.41) is 6.06. The maximum Gasteiger partial charge on any atom is 0.261 e. The lowest BCUT2D eigenvalue weighted by Crippen LogP contribution is -2.34. The van der Waals surface area contributed by atoms with Gasteiger partial charge in [-0.2, -0.15) is 0 Å². The minimum Gasteiger partial charge on any atom is -0.493 e. The highest BCUT2D eigenvalue weighted by molar-refractivity contribution is 9.10. The van der Waals surface area contributed by atoms with Crippen molar-refractivity contribution in [2.24, 2.45) is 5.92 Å². The van der Waals surface area contributed by atoms with Gasteiger partial charge in [0.1, 0.15) is 5.75 Å². The van der Waals surface area contributed by atoms with Crippen LogP contribution < -0.4 is 15.4 Å². The van der Waals surface area contributed by atoms with Crippen molar-refractivity contribution >= 4 is 44.9 Å². The first kappa shape index (κ1) is 21.4. The van der Waals surface area contributed by atoms with Gasteiger partial charge >= 0.3 is 0 Å². The molecule has 0 radical (unpaired) electrons. The molecule has 0 aliphatic carbocycles. The average Bonchev–Trinajstić information content (AvgIpc) is 2.58. The Labute approximate surface area is 174 Å². The van der Waals surface area contributed by atoms with Gasteiger partial charge in [0.05, 0.1) is 12.2 Å². The maximum atomic E-state index is 12.7. The lowest BCUT2D eigenvalue weighted by atomic mass is 10.1. The van der Waals surface area contributed by atoms with Crippen LogP contribution in [-0.2, 0) is 0 Å². The van der Waals surface area contributed by atoms with Gasteiger partial charge in [-0.1, -0.05) is 47.5 Å². The summed E-state index contributed by atoms with van der Waals surface area (Å²) in [5.41, 5.74) is 3.54. The van der Waals surface area contributed by atoms with Gasteiger partial charge in [0, 0.05) is 10.2 Å². The summed E-state index contributed by atoms with van der Waals surface area (Å²) < 4.78 is 6.61. The molecular formula is C21H25BrN2O2S. The Bertz CT molecular complexity index is 837. The number of carbonyl (C=O) groups is 1. The van der Waals surface area contributed by atoms with Crippen molar-refractivity contribution in [3.63, 3.8) is 0 Å². The Morgan fingerprint density at radius 1 is 1.19 bits per heavy atom. The molecule has 6 heteroatoms. The molecule has 0 fully saturated rings. The fourth-order valence-corrected chi connectivity index (χ4v) is 3.05. The molecule has 0 saturated carbocycles. The van der Waals surface area contributed by atoms with E-state index in [2.05, 4.69) is 46.5 Å². The molecule has 0 aliphatic heterocycles. The van der Waals surface area contributed by atoms with Crippen molar-refractivity contribution < 1.29 is 9.53 Å². The summed E-state index contributed by atoms with van der Waals surface area (Å²) in [4.78, 5) is 12.7. The number of nitrogens with one attached hydrogen (secondary N) is 2. The Balaban J connectivity index is 2.07. The van der Waals surface area contributed by atoms with Gasteiger partial charge in [-0.05, 0) is 68.2 Å². The molecule has 2 rings (SSSR count). The van der Waals surface area contributed by atoms with E-state index in [0.717, 1.165) is 22.1 Å². The molecule has 0 heterocycles. The van der Waals surface area contributed by atoms with E-state index in [0.29, 0.717) is 23.8 Å². The molecule has 2 aromatic carbocycles. The lowest BCUT2D eigenvalue weighted by molar-refractivity contribution is 0.0973. The summed E-state index contributed by atoms with van der Waals surface area (Å²) in [5.74, 6) is 0.774. The summed E-state index contributed by atoms with van der Waals surface area (Å²) in [6.45, 7) is 8.86. The molecule has 0 saturated heterocycles. The van der Waals surface area contributed by atoms with Gasteiger partial charge in [0.25, 0.3) is 5.91 Å². The molecule has 0 unspecified atom stereocenters. The van der Waals surface area contributed by atoms with Crippen molar-refractivity contribution in [3.05, 3.63) is 57.6 Å². The average molecular weight is 449 g/mol. The third kappa shape index (κ3) is 6.63. The van der Waals surface area contributed by atoms with Gasteiger partial charge in [0.15, 0.2) is 5.11 Å². The van der Waals surface area contributed by atoms with Crippen molar-refractivity contribution in [1.29, 1.82) is 0 Å². The topological polar surface area (TPSA) is 50.4 Å². The zero-order valence-corrected chi connectivity index (χ0v) is 18.5. The molecule has 0 aromatic heterocycles. The van der Waals surface area contributed by atoms with Gasteiger partial charge in [-0.15, -0.1) is 0 Å². The fourth-order valence-electron chi connectivity index (χ4n) is 2.49. The Kier molecular flexibility index (Phi) is 7.80. The number of carbonyl (C=O) groups excluding carboxylic acids is 1. The normalized spacial score (nSPS) is 10.6. The number of aryl methyl sites for hydroxylation is 2. The molecule has 1 amide bonds. The van der Waals surface area contributed by atoms with Gasteiger partial charge in [0.2, 0.25) is 0 Å². The standard InChI is InChI=1S/C21H25BrN2O2S/c1-13(2)9-10-26-19-8-6-16(22)12-17(19)20(25)24-21(27)23-18-7-5-14(3)11-15(18)4/h5-8,11-13H,9-10H2,1-4H3,(H2,23,24,25,27). The highest BCUT2D eigenvalue weighted by atomic mass is 79.9. The molecule has 27 heavy (non-hydrogen) atoms. The second kappa shape index (κ2) is 9.85. The number of hydrogen-bond donors (Lipinski definition) is 2. The first-order chi connectivity index (χ1) is 12.8. The Morgan fingerprint density at radius 2 is 1.93 bits per heavy atom. The van der Waals surface area contributed by atoms with E-state index in [-0.39, 0.29) is 11.0 Å². The fraction of sp³-hybridized carbons (Fsp3) is 0.333. The molecule has 0 bridgehead atoms. The van der Waals surface area contributed by atoms with E-state index in [1.54, 1.807) is 12.1 Å². The number of hydrogen-bond acceptors (Lipinski definition) is 3. The van der Waals surface area contributed by atoms with Crippen LogP contribution in [0.3, 0.4) is 0 Å². The Morgan fingerprint density at radius 3 is 2.59 bits per heavy atom. The number of amides is 1. The quantitative estimate of drug-likeness (QED) is 0.563. The van der Waals surface area contributed by atoms with Crippen LogP contribution in [0.5, 0.6) is 5.75 Å². The molecule has 144 valence electrons. The third-order valence-electron chi connectivity index (χ3n) is 4.00. The van der Waals surface area contributed by atoms with Crippen LogP contribution in [0.1, 0.15) is 41.8 Å². The van der Waals surface area contributed by atoms with Crippen molar-refractivity contribution in [2.75, 3.05) is 11.9 Å². The lowest BCUT2D eigenvalue weighted by Gasteiger charge is -2.15. The number of thiocarbonyl (C=S) groups is 1. The molecule has 2 aromatic rings. The summed E-state index contributed by atoms with van der Waals surface area (Å²) >= 11 is 8.72. The van der Waals surface area contributed by atoms with E-state index in [9.17, 15) is 4.79 Å². The predicted octanol–water partition coefficient (Wildman–Crippen LogP) is 5.62. The van der Waals surface area contributed by atoms with Crippen LogP contribution in [0.25, 0.3) is 0 Å². The first-order valence-electron chi connectivity index (χ1n) is 8.88. The largest absolute Gasteiger partial charge is 0.493 e. The minimum absolute atomic E-state index is 0.250. The van der Waals surface area contributed by atoms with E-state index in [4.69, 9.17) is 17.0 Å². The van der Waals surface area contributed by atoms with Crippen LogP contribution in [0.4, 0.5) is 5.69 Å². The molecule has 2 N–H and O–H groups in total. The molecular weight excluding hydrogens is 424 g/mol. The number of halogens is 1. The van der Waals surface area contributed by atoms with Crippen LogP contribution in [0.15, 0.2) is 40.9 Å². The van der Waals surface area contributed by atoms with Crippen LogP contribution >= 0.6 is 28.1 Å². The SMILES string of the molecule is Cc1ccc(NC(=S)NC(=O)c2cc(Br)ccc2OCCC(C)C)c(C)c1. The highest BCUT2D eigenvalue weighted by Crippen LogP contribution is 2.24. The molecule has 0 aliphatic rings.